The van der Waals surface area contributed by atoms with Crippen molar-refractivity contribution in [1.82, 2.24) is 10.3 Å². The van der Waals surface area contributed by atoms with Crippen molar-refractivity contribution in [3.63, 3.8) is 0 Å². The summed E-state index contributed by atoms with van der Waals surface area (Å²) in [7, 11) is 0. The molecule has 0 aliphatic carbocycles. The van der Waals surface area contributed by atoms with E-state index in [9.17, 15) is 9.90 Å². The number of nitrogens with one attached hydrogen (secondary N) is 2. The predicted octanol–water partition coefficient (Wildman–Crippen LogP) is -0.0372. The van der Waals surface area contributed by atoms with Crippen molar-refractivity contribution in [2.24, 2.45) is 0 Å². The van der Waals surface area contributed by atoms with Crippen LogP contribution in [0, 0.1) is 0 Å². The molecule has 1 heterocycles. The van der Waals surface area contributed by atoms with Gasteiger partial charge in [-0.3, -0.25) is 4.79 Å². The van der Waals surface area contributed by atoms with Crippen LogP contribution in [0.25, 0.3) is 0 Å². The Kier molecular flexibility index (Phi) is 4.42. The van der Waals surface area contributed by atoms with Crippen LogP contribution in [0.2, 0.25) is 0 Å². The molecule has 0 aromatic carbocycles. The summed E-state index contributed by atoms with van der Waals surface area (Å²) in [6.07, 6.45) is 1.52. The largest absolute Gasteiger partial charge is 0.399 e. The Morgan fingerprint density at radius 3 is 2.88 bits per heavy atom. The third-order valence-corrected chi connectivity index (χ3v) is 1.89. The highest BCUT2D eigenvalue weighted by Gasteiger charge is 2.12. The minimum atomic E-state index is -0.838. The number of nitrogens with two attached hydrogens (primary N) is 1. The van der Waals surface area contributed by atoms with Crippen molar-refractivity contribution in [1.29, 1.82) is 0 Å². The smallest absolute Gasteiger partial charge is 0.239 e. The highest BCUT2D eigenvalue weighted by atomic mass is 16.3. The number of hydrogen-bond donors (Lipinski definition) is 4. The van der Waals surface area contributed by atoms with Gasteiger partial charge in [-0.25, -0.2) is 4.98 Å². The molecule has 0 unspecified atom stereocenters. The van der Waals surface area contributed by atoms with E-state index in [1.807, 2.05) is 0 Å². The van der Waals surface area contributed by atoms with Crippen LogP contribution in [0.15, 0.2) is 18.3 Å². The third-order valence-electron chi connectivity index (χ3n) is 1.89. The van der Waals surface area contributed by atoms with E-state index in [-0.39, 0.29) is 12.5 Å². The van der Waals surface area contributed by atoms with Gasteiger partial charge in [0.1, 0.15) is 5.82 Å². The summed E-state index contributed by atoms with van der Waals surface area (Å²) in [4.78, 5) is 15.4. The lowest BCUT2D eigenvalue weighted by atomic mass is 10.1. The number of aromatic nitrogens is 1. The van der Waals surface area contributed by atoms with Gasteiger partial charge < -0.3 is 21.5 Å². The fourth-order valence-electron chi connectivity index (χ4n) is 1.18. The van der Waals surface area contributed by atoms with Gasteiger partial charge in [0.05, 0.1) is 12.1 Å². The fraction of sp³-hybridized carbons (Fsp3) is 0.455. The number of amides is 1. The summed E-state index contributed by atoms with van der Waals surface area (Å²) in [6, 6.07) is 3.22. The molecule has 0 spiro atoms. The Morgan fingerprint density at radius 2 is 2.29 bits per heavy atom. The average molecular weight is 238 g/mol. The van der Waals surface area contributed by atoms with Gasteiger partial charge in [0, 0.05) is 24.5 Å². The van der Waals surface area contributed by atoms with E-state index in [2.05, 4.69) is 15.6 Å². The molecule has 1 rings (SSSR count). The van der Waals surface area contributed by atoms with E-state index in [0.717, 1.165) is 0 Å². The van der Waals surface area contributed by atoms with Gasteiger partial charge in [-0.2, -0.15) is 0 Å². The van der Waals surface area contributed by atoms with Gasteiger partial charge in [-0.1, -0.05) is 0 Å². The van der Waals surface area contributed by atoms with Crippen LogP contribution >= 0.6 is 0 Å². The van der Waals surface area contributed by atoms with Crippen LogP contribution in [-0.4, -0.2) is 34.7 Å². The van der Waals surface area contributed by atoms with Crippen LogP contribution in [0.1, 0.15) is 13.8 Å². The van der Waals surface area contributed by atoms with E-state index in [0.29, 0.717) is 18.1 Å². The number of pyridine rings is 1. The first kappa shape index (κ1) is 13.4. The minimum absolute atomic E-state index is 0.112. The Bertz CT molecular complexity index is 387. The predicted molar refractivity (Wildman–Crippen MR) is 66.4 cm³/mol. The standard InChI is InChI=1S/C11H18N4O2/c1-11(2,17)7-13-6-10(16)15-9-5-8(12)3-4-14-9/h3-5,13,17H,6-7H2,1-2H3,(H3,12,14,15,16). The normalized spacial score (nSPS) is 11.2. The van der Waals surface area contributed by atoms with Crippen molar-refractivity contribution < 1.29 is 9.90 Å². The van der Waals surface area contributed by atoms with Gasteiger partial charge in [0.15, 0.2) is 0 Å². The van der Waals surface area contributed by atoms with E-state index >= 15 is 0 Å². The Morgan fingerprint density at radius 1 is 1.59 bits per heavy atom. The molecule has 1 amide bonds. The quantitative estimate of drug-likeness (QED) is 0.577. The maximum Gasteiger partial charge on any atom is 0.239 e. The summed E-state index contributed by atoms with van der Waals surface area (Å²) < 4.78 is 0. The molecular weight excluding hydrogens is 220 g/mol. The molecule has 0 fully saturated rings. The Hall–Kier alpha value is -1.66. The third kappa shape index (κ3) is 5.84. The second kappa shape index (κ2) is 5.60. The summed E-state index contributed by atoms with van der Waals surface area (Å²) in [5.41, 5.74) is 5.26. The molecule has 5 N–H and O–H groups in total. The van der Waals surface area contributed by atoms with E-state index in [1.165, 1.54) is 6.20 Å². The van der Waals surface area contributed by atoms with Crippen LogP contribution in [0.5, 0.6) is 0 Å². The lowest BCUT2D eigenvalue weighted by Gasteiger charge is -2.17. The molecule has 0 aliphatic heterocycles. The summed E-state index contributed by atoms with van der Waals surface area (Å²) in [6.45, 7) is 3.78. The van der Waals surface area contributed by atoms with Crippen molar-refractivity contribution in [3.8, 4) is 0 Å². The molecule has 0 saturated carbocycles. The molecule has 17 heavy (non-hydrogen) atoms. The number of carbonyl (C=O) groups excluding carboxylic acids is 1. The van der Waals surface area contributed by atoms with Crippen LogP contribution in [-0.2, 0) is 4.79 Å². The molecule has 0 saturated heterocycles. The number of hydrogen-bond acceptors (Lipinski definition) is 5. The van der Waals surface area contributed by atoms with Crippen molar-refractivity contribution in [3.05, 3.63) is 18.3 Å². The first-order chi connectivity index (χ1) is 7.87. The van der Waals surface area contributed by atoms with Crippen molar-refractivity contribution in [2.75, 3.05) is 24.1 Å². The van der Waals surface area contributed by atoms with Crippen LogP contribution in [0.4, 0.5) is 11.5 Å². The highest BCUT2D eigenvalue weighted by Crippen LogP contribution is 2.07. The lowest BCUT2D eigenvalue weighted by Crippen LogP contribution is -2.38. The zero-order valence-electron chi connectivity index (χ0n) is 10.0. The number of nitrogens with zero attached hydrogens (tertiary/aromatic N) is 1. The molecule has 0 atom stereocenters. The summed E-state index contributed by atoms with van der Waals surface area (Å²) in [5.74, 6) is 0.187. The number of carbonyl (C=O) groups is 1. The van der Waals surface area contributed by atoms with Crippen LogP contribution < -0.4 is 16.4 Å². The second-order valence-electron chi connectivity index (χ2n) is 4.44. The zero-order chi connectivity index (χ0) is 12.9. The maximum absolute atomic E-state index is 11.5. The SMILES string of the molecule is CC(C)(O)CNCC(=O)Nc1cc(N)ccn1. The van der Waals surface area contributed by atoms with Crippen molar-refractivity contribution in [2.45, 2.75) is 19.4 Å². The van der Waals surface area contributed by atoms with E-state index < -0.39 is 5.60 Å². The average Bonchev–Trinajstić information content (AvgIpc) is 2.15. The second-order valence-corrected chi connectivity index (χ2v) is 4.44. The molecular formula is C11H18N4O2. The molecule has 1 aromatic rings. The van der Waals surface area contributed by atoms with Crippen LogP contribution in [0.3, 0.4) is 0 Å². The molecule has 6 nitrogen and oxygen atoms in total. The number of anilines is 2. The topological polar surface area (TPSA) is 100 Å². The fourth-order valence-corrected chi connectivity index (χ4v) is 1.18. The molecule has 0 bridgehead atoms. The summed E-state index contributed by atoms with van der Waals surface area (Å²) in [5, 5.41) is 14.9. The van der Waals surface area contributed by atoms with E-state index in [4.69, 9.17) is 5.73 Å². The molecule has 94 valence electrons. The molecule has 1 aromatic heterocycles. The maximum atomic E-state index is 11.5. The highest BCUT2D eigenvalue weighted by molar-refractivity contribution is 5.91. The zero-order valence-corrected chi connectivity index (χ0v) is 10.0. The molecule has 0 radical (unpaired) electrons. The van der Waals surface area contributed by atoms with Gasteiger partial charge >= 0.3 is 0 Å². The Balaban J connectivity index is 2.35. The minimum Gasteiger partial charge on any atom is -0.399 e. The van der Waals surface area contributed by atoms with Gasteiger partial charge in [-0.05, 0) is 19.9 Å². The Labute approximate surface area is 100 Å². The van der Waals surface area contributed by atoms with Gasteiger partial charge in [0.2, 0.25) is 5.91 Å². The van der Waals surface area contributed by atoms with Crippen molar-refractivity contribution >= 4 is 17.4 Å². The summed E-state index contributed by atoms with van der Waals surface area (Å²) >= 11 is 0. The monoisotopic (exact) mass is 238 g/mol. The number of nitrogen functional groups attached to an aromatic ring is 1. The molecule has 6 heteroatoms. The number of aliphatic hydroxyl groups is 1. The number of rotatable bonds is 5. The lowest BCUT2D eigenvalue weighted by molar-refractivity contribution is -0.115. The molecule has 0 aliphatic rings. The van der Waals surface area contributed by atoms with E-state index in [1.54, 1.807) is 26.0 Å². The first-order valence-electron chi connectivity index (χ1n) is 5.31. The van der Waals surface area contributed by atoms with Gasteiger partial charge in [0.25, 0.3) is 0 Å². The van der Waals surface area contributed by atoms with Gasteiger partial charge in [-0.15, -0.1) is 0 Å². The first-order valence-corrected chi connectivity index (χ1v) is 5.31.